The van der Waals surface area contributed by atoms with E-state index in [2.05, 4.69) is 57.3 Å². The van der Waals surface area contributed by atoms with Crippen molar-refractivity contribution in [2.45, 2.75) is 25.8 Å². The lowest BCUT2D eigenvalue weighted by atomic mass is 10.1. The first-order valence-electron chi connectivity index (χ1n) is 9.97. The molecule has 29 heavy (non-hydrogen) atoms. The van der Waals surface area contributed by atoms with Crippen LogP contribution < -0.4 is 5.32 Å². The summed E-state index contributed by atoms with van der Waals surface area (Å²) in [6.07, 6.45) is 5.88. The van der Waals surface area contributed by atoms with Gasteiger partial charge >= 0.3 is 0 Å². The molecule has 2 heterocycles. The molecule has 146 valence electrons. The Morgan fingerprint density at radius 3 is 2.48 bits per heavy atom. The van der Waals surface area contributed by atoms with Crippen LogP contribution in [0.15, 0.2) is 79.1 Å². The van der Waals surface area contributed by atoms with Crippen LogP contribution in [-0.4, -0.2) is 27.0 Å². The molecule has 0 bridgehead atoms. The van der Waals surface area contributed by atoms with Gasteiger partial charge in [0.25, 0.3) is 5.91 Å². The van der Waals surface area contributed by atoms with Crippen LogP contribution in [0.2, 0.25) is 0 Å². The summed E-state index contributed by atoms with van der Waals surface area (Å²) in [5.41, 5.74) is 4.14. The number of aryl methyl sites for hydroxylation is 3. The number of hydrogen-bond donors (Lipinski definition) is 1. The van der Waals surface area contributed by atoms with Crippen molar-refractivity contribution >= 4 is 16.9 Å². The number of rotatable bonds is 8. The Labute approximate surface area is 170 Å². The number of carbonyl (C=O) groups excluding carboxylic acids is 1. The van der Waals surface area contributed by atoms with E-state index in [1.807, 2.05) is 12.1 Å². The molecule has 0 fully saturated rings. The van der Waals surface area contributed by atoms with Gasteiger partial charge in [-0.05, 0) is 42.7 Å². The molecular formula is C24H24N4O. The van der Waals surface area contributed by atoms with E-state index < -0.39 is 0 Å². The Morgan fingerprint density at radius 2 is 1.66 bits per heavy atom. The van der Waals surface area contributed by atoms with Gasteiger partial charge in [-0.1, -0.05) is 42.5 Å². The van der Waals surface area contributed by atoms with Crippen LogP contribution in [0.1, 0.15) is 28.2 Å². The number of amides is 1. The maximum Gasteiger partial charge on any atom is 0.251 e. The number of imidazole rings is 1. The second-order valence-corrected chi connectivity index (χ2v) is 7.00. The largest absolute Gasteiger partial charge is 0.352 e. The number of nitrogens with one attached hydrogen (secondary N) is 1. The van der Waals surface area contributed by atoms with Gasteiger partial charge in [-0.3, -0.25) is 9.78 Å². The zero-order chi connectivity index (χ0) is 19.9. The Balaban J connectivity index is 1.40. The maximum atomic E-state index is 12.2. The molecule has 0 saturated carbocycles. The number of fused-ring (bicyclic) bond motifs is 1. The normalized spacial score (nSPS) is 10.9. The predicted octanol–water partition coefficient (Wildman–Crippen LogP) is 4.04. The molecule has 2 aromatic carbocycles. The van der Waals surface area contributed by atoms with E-state index in [4.69, 9.17) is 4.98 Å². The second-order valence-electron chi connectivity index (χ2n) is 7.00. The molecule has 1 N–H and O–H groups in total. The fourth-order valence-corrected chi connectivity index (χ4v) is 3.51. The number of benzene rings is 2. The Morgan fingerprint density at radius 1 is 0.897 bits per heavy atom. The minimum absolute atomic E-state index is 0.0648. The minimum Gasteiger partial charge on any atom is -0.352 e. The van der Waals surface area contributed by atoms with Gasteiger partial charge in [0.15, 0.2) is 0 Å². The molecule has 5 heteroatoms. The Hall–Kier alpha value is -3.47. The third-order valence-electron chi connectivity index (χ3n) is 5.01. The number of hydrogen-bond acceptors (Lipinski definition) is 3. The summed E-state index contributed by atoms with van der Waals surface area (Å²) in [6.45, 7) is 1.51. The van der Waals surface area contributed by atoms with Crippen molar-refractivity contribution in [1.82, 2.24) is 19.9 Å². The van der Waals surface area contributed by atoms with Crippen LogP contribution in [0.4, 0.5) is 0 Å². The van der Waals surface area contributed by atoms with Crippen LogP contribution in [-0.2, 0) is 19.4 Å². The SMILES string of the molecule is O=C(NCCCc1nc2ccccc2n1CCc1ccccc1)c1ccncc1. The average Bonchev–Trinajstić information content (AvgIpc) is 3.14. The summed E-state index contributed by atoms with van der Waals surface area (Å²) in [5.74, 6) is 1.00. The number of aromatic nitrogens is 3. The van der Waals surface area contributed by atoms with Crippen LogP contribution in [0.5, 0.6) is 0 Å². The molecule has 2 aromatic heterocycles. The van der Waals surface area contributed by atoms with Gasteiger partial charge in [0.1, 0.15) is 5.82 Å². The standard InChI is InChI=1S/C24H24N4O/c29-24(20-12-16-25-17-13-20)26-15-6-11-23-27-21-9-4-5-10-22(21)28(23)18-14-19-7-2-1-3-8-19/h1-5,7-10,12-13,16-17H,6,11,14-15,18H2,(H,26,29). The lowest BCUT2D eigenvalue weighted by molar-refractivity contribution is 0.0953. The topological polar surface area (TPSA) is 59.8 Å². The van der Waals surface area contributed by atoms with Gasteiger partial charge < -0.3 is 9.88 Å². The van der Waals surface area contributed by atoms with E-state index in [0.29, 0.717) is 12.1 Å². The molecule has 0 aliphatic heterocycles. The molecule has 0 unspecified atom stereocenters. The van der Waals surface area contributed by atoms with E-state index in [1.165, 1.54) is 11.1 Å². The van der Waals surface area contributed by atoms with Gasteiger partial charge in [-0.2, -0.15) is 0 Å². The summed E-state index contributed by atoms with van der Waals surface area (Å²) in [6, 6.07) is 22.2. The highest BCUT2D eigenvalue weighted by molar-refractivity contribution is 5.93. The fourth-order valence-electron chi connectivity index (χ4n) is 3.51. The average molecular weight is 384 g/mol. The number of carbonyl (C=O) groups is 1. The Kier molecular flexibility index (Phi) is 5.95. The lowest BCUT2D eigenvalue weighted by Gasteiger charge is -2.10. The van der Waals surface area contributed by atoms with Crippen molar-refractivity contribution in [1.29, 1.82) is 0 Å². The predicted molar refractivity (Wildman–Crippen MR) is 115 cm³/mol. The zero-order valence-corrected chi connectivity index (χ0v) is 16.3. The molecule has 0 spiro atoms. The van der Waals surface area contributed by atoms with Gasteiger partial charge in [-0.15, -0.1) is 0 Å². The van der Waals surface area contributed by atoms with E-state index in [-0.39, 0.29) is 5.91 Å². The number of para-hydroxylation sites is 2. The molecule has 0 saturated heterocycles. The van der Waals surface area contributed by atoms with Crippen molar-refractivity contribution in [2.24, 2.45) is 0 Å². The maximum absolute atomic E-state index is 12.2. The molecule has 4 aromatic rings. The summed E-state index contributed by atoms with van der Waals surface area (Å²) >= 11 is 0. The van der Waals surface area contributed by atoms with Crippen molar-refractivity contribution < 1.29 is 4.79 Å². The summed E-state index contributed by atoms with van der Waals surface area (Å²) in [7, 11) is 0. The van der Waals surface area contributed by atoms with Crippen LogP contribution in [0.3, 0.4) is 0 Å². The van der Waals surface area contributed by atoms with Crippen molar-refractivity contribution in [3.8, 4) is 0 Å². The number of pyridine rings is 1. The summed E-state index contributed by atoms with van der Waals surface area (Å²) < 4.78 is 2.31. The van der Waals surface area contributed by atoms with E-state index in [9.17, 15) is 4.79 Å². The highest BCUT2D eigenvalue weighted by Gasteiger charge is 2.11. The van der Waals surface area contributed by atoms with Gasteiger partial charge in [0, 0.05) is 37.5 Å². The molecule has 0 aliphatic carbocycles. The first-order valence-corrected chi connectivity index (χ1v) is 9.97. The molecule has 4 rings (SSSR count). The fraction of sp³-hybridized carbons (Fsp3) is 0.208. The molecule has 1 amide bonds. The lowest BCUT2D eigenvalue weighted by Crippen LogP contribution is -2.25. The number of nitrogens with zero attached hydrogens (tertiary/aromatic N) is 3. The smallest absolute Gasteiger partial charge is 0.251 e. The van der Waals surface area contributed by atoms with Crippen molar-refractivity contribution in [3.63, 3.8) is 0 Å². The monoisotopic (exact) mass is 384 g/mol. The third-order valence-corrected chi connectivity index (χ3v) is 5.01. The highest BCUT2D eigenvalue weighted by Crippen LogP contribution is 2.18. The quantitative estimate of drug-likeness (QED) is 0.467. The van der Waals surface area contributed by atoms with Gasteiger partial charge in [-0.25, -0.2) is 4.98 Å². The molecule has 0 radical (unpaired) electrons. The Bertz CT molecular complexity index is 1070. The first-order chi connectivity index (χ1) is 14.3. The molecule has 5 nitrogen and oxygen atoms in total. The van der Waals surface area contributed by atoms with E-state index in [1.54, 1.807) is 24.5 Å². The van der Waals surface area contributed by atoms with E-state index in [0.717, 1.165) is 37.1 Å². The second kappa shape index (κ2) is 9.15. The molecular weight excluding hydrogens is 360 g/mol. The van der Waals surface area contributed by atoms with Gasteiger partial charge in [0.05, 0.1) is 11.0 Å². The van der Waals surface area contributed by atoms with Crippen LogP contribution >= 0.6 is 0 Å². The zero-order valence-electron chi connectivity index (χ0n) is 16.3. The van der Waals surface area contributed by atoms with Crippen LogP contribution in [0.25, 0.3) is 11.0 Å². The first kappa shape index (κ1) is 18.9. The minimum atomic E-state index is -0.0648. The highest BCUT2D eigenvalue weighted by atomic mass is 16.1. The summed E-state index contributed by atoms with van der Waals surface area (Å²) in [5, 5.41) is 2.98. The van der Waals surface area contributed by atoms with Crippen molar-refractivity contribution in [2.75, 3.05) is 6.54 Å². The van der Waals surface area contributed by atoms with Crippen LogP contribution in [0, 0.1) is 0 Å². The van der Waals surface area contributed by atoms with Crippen molar-refractivity contribution in [3.05, 3.63) is 96.1 Å². The molecule has 0 atom stereocenters. The van der Waals surface area contributed by atoms with E-state index >= 15 is 0 Å². The summed E-state index contributed by atoms with van der Waals surface area (Å²) in [4.78, 5) is 20.9. The van der Waals surface area contributed by atoms with Gasteiger partial charge in [0.2, 0.25) is 0 Å². The molecule has 0 aliphatic rings. The third kappa shape index (κ3) is 4.69.